The Kier molecular flexibility index (Phi) is 4.44. The van der Waals surface area contributed by atoms with Gasteiger partial charge < -0.3 is 0 Å². The fraction of sp³-hybridized carbons (Fsp3) is 0.357. The van der Waals surface area contributed by atoms with Crippen LogP contribution in [0.25, 0.3) is 0 Å². The molecular weight excluding hydrogens is 386 g/mol. The van der Waals surface area contributed by atoms with Gasteiger partial charge in [-0.15, -0.1) is 5.10 Å². The van der Waals surface area contributed by atoms with Gasteiger partial charge in [-0.3, -0.25) is 4.79 Å². The maximum absolute atomic E-state index is 12.2. The van der Waals surface area contributed by atoms with Gasteiger partial charge in [-0.1, -0.05) is 45.0 Å². The number of ketones is 1. The van der Waals surface area contributed by atoms with Gasteiger partial charge in [0.2, 0.25) is 4.73 Å². The van der Waals surface area contributed by atoms with Crippen LogP contribution in [0.5, 0.6) is 0 Å². The Labute approximate surface area is 134 Å². The third-order valence-corrected chi connectivity index (χ3v) is 3.89. The first-order chi connectivity index (χ1) is 9.27. The number of hydrogen-bond donors (Lipinski definition) is 0. The number of aromatic nitrogens is 3. The quantitative estimate of drug-likeness (QED) is 0.732. The number of rotatable bonds is 3. The summed E-state index contributed by atoms with van der Waals surface area (Å²) in [6.45, 7) is 6.60. The lowest BCUT2D eigenvalue weighted by Gasteiger charge is -2.18. The first-order valence-corrected chi connectivity index (χ1v) is 7.75. The van der Waals surface area contributed by atoms with E-state index in [0.29, 0.717) is 15.0 Å². The van der Waals surface area contributed by atoms with Crippen molar-refractivity contribution in [3.8, 4) is 0 Å². The summed E-state index contributed by atoms with van der Waals surface area (Å²) in [6, 6.07) is 7.73. The lowest BCUT2D eigenvalue weighted by atomic mass is 9.86. The molecule has 0 bridgehead atoms. The first-order valence-electron chi connectivity index (χ1n) is 6.17. The van der Waals surface area contributed by atoms with Gasteiger partial charge in [0, 0.05) is 5.56 Å². The summed E-state index contributed by atoms with van der Waals surface area (Å²) in [6.07, 6.45) is 0. The fourth-order valence-electron chi connectivity index (χ4n) is 1.78. The van der Waals surface area contributed by atoms with Gasteiger partial charge in [-0.05, 0) is 42.8 Å². The summed E-state index contributed by atoms with van der Waals surface area (Å²) >= 11 is 6.44. The van der Waals surface area contributed by atoms with Crippen LogP contribution in [0.3, 0.4) is 0 Å². The van der Waals surface area contributed by atoms with Gasteiger partial charge in [0.25, 0.3) is 0 Å². The van der Waals surface area contributed by atoms with E-state index in [1.54, 1.807) is 0 Å². The molecule has 0 saturated carbocycles. The second-order valence-corrected chi connectivity index (χ2v) is 6.98. The zero-order chi connectivity index (χ0) is 14.9. The van der Waals surface area contributed by atoms with Crippen LogP contribution in [-0.4, -0.2) is 20.5 Å². The van der Waals surface area contributed by atoms with Gasteiger partial charge in [0.15, 0.2) is 10.5 Å². The van der Waals surface area contributed by atoms with Gasteiger partial charge in [-0.25, -0.2) is 4.68 Å². The third kappa shape index (κ3) is 3.55. The molecule has 0 spiro atoms. The topological polar surface area (TPSA) is 47.8 Å². The molecule has 0 aliphatic carbocycles. The molecule has 0 fully saturated rings. The Morgan fingerprint density at radius 2 is 1.80 bits per heavy atom. The molecule has 2 aromatic rings. The van der Waals surface area contributed by atoms with Gasteiger partial charge in [0.1, 0.15) is 6.54 Å². The van der Waals surface area contributed by atoms with E-state index in [4.69, 9.17) is 0 Å². The first kappa shape index (κ1) is 15.4. The van der Waals surface area contributed by atoms with Gasteiger partial charge in [0.05, 0.1) is 0 Å². The zero-order valence-electron chi connectivity index (χ0n) is 11.5. The largest absolute Gasteiger partial charge is 0.292 e. The van der Waals surface area contributed by atoms with Crippen molar-refractivity contribution in [2.45, 2.75) is 32.7 Å². The minimum Gasteiger partial charge on any atom is -0.292 e. The molecule has 0 aliphatic heterocycles. The van der Waals surface area contributed by atoms with E-state index in [0.717, 1.165) is 0 Å². The van der Waals surface area contributed by atoms with Crippen LogP contribution in [0.1, 0.15) is 36.7 Å². The highest BCUT2D eigenvalue weighted by Gasteiger charge is 2.15. The van der Waals surface area contributed by atoms with Crippen LogP contribution in [0.15, 0.2) is 33.7 Å². The Morgan fingerprint density at radius 3 is 2.25 bits per heavy atom. The number of carbonyl (C=O) groups is 1. The summed E-state index contributed by atoms with van der Waals surface area (Å²) in [4.78, 5) is 16.2. The van der Waals surface area contributed by atoms with Crippen molar-refractivity contribution in [3.63, 3.8) is 0 Å². The molecule has 4 nitrogen and oxygen atoms in total. The van der Waals surface area contributed by atoms with Crippen molar-refractivity contribution in [3.05, 3.63) is 44.9 Å². The molecule has 0 unspecified atom stereocenters. The Balaban J connectivity index is 2.16. The molecule has 6 heteroatoms. The molecule has 0 radical (unpaired) electrons. The van der Waals surface area contributed by atoms with Gasteiger partial charge >= 0.3 is 0 Å². The number of carbonyl (C=O) groups excluding carboxylic acids is 1. The maximum atomic E-state index is 12.2. The SMILES string of the molecule is CC(C)(C)c1ccc(C(=O)Cn2nc(Br)nc2Br)cc1. The number of nitrogens with zero attached hydrogens (tertiary/aromatic N) is 3. The van der Waals surface area contributed by atoms with Crippen LogP contribution < -0.4 is 0 Å². The molecule has 1 aromatic carbocycles. The highest BCUT2D eigenvalue weighted by atomic mass is 79.9. The molecule has 0 N–H and O–H groups in total. The average Bonchev–Trinajstić information content (AvgIpc) is 2.67. The maximum Gasteiger partial charge on any atom is 0.218 e. The summed E-state index contributed by atoms with van der Waals surface area (Å²) < 4.78 is 2.51. The fourth-order valence-corrected chi connectivity index (χ4v) is 2.75. The number of benzene rings is 1. The summed E-state index contributed by atoms with van der Waals surface area (Å²) in [7, 11) is 0. The minimum absolute atomic E-state index is 0.00330. The smallest absolute Gasteiger partial charge is 0.218 e. The van der Waals surface area contributed by atoms with Crippen LogP contribution in [0.2, 0.25) is 0 Å². The molecule has 1 aromatic heterocycles. The molecule has 0 amide bonds. The van der Waals surface area contributed by atoms with E-state index >= 15 is 0 Å². The van der Waals surface area contributed by atoms with E-state index in [1.807, 2.05) is 24.3 Å². The van der Waals surface area contributed by atoms with Crippen molar-refractivity contribution < 1.29 is 4.79 Å². The average molecular weight is 401 g/mol. The molecule has 0 atom stereocenters. The van der Waals surface area contributed by atoms with E-state index < -0.39 is 0 Å². The predicted octanol–water partition coefficient (Wildman–Crippen LogP) is 3.98. The second-order valence-electron chi connectivity index (χ2n) is 5.56. The lowest BCUT2D eigenvalue weighted by molar-refractivity contribution is 0.0966. The Morgan fingerprint density at radius 1 is 1.20 bits per heavy atom. The number of hydrogen-bond acceptors (Lipinski definition) is 3. The van der Waals surface area contributed by atoms with E-state index in [-0.39, 0.29) is 17.7 Å². The highest BCUT2D eigenvalue weighted by Crippen LogP contribution is 2.22. The highest BCUT2D eigenvalue weighted by molar-refractivity contribution is 9.11. The Hall–Kier alpha value is -1.01. The van der Waals surface area contributed by atoms with Gasteiger partial charge in [-0.2, -0.15) is 4.98 Å². The van der Waals surface area contributed by atoms with Crippen LogP contribution in [0, 0.1) is 0 Å². The summed E-state index contributed by atoms with van der Waals surface area (Å²) in [5, 5.41) is 4.09. The van der Waals surface area contributed by atoms with Crippen molar-refractivity contribution in [2.75, 3.05) is 0 Å². The van der Waals surface area contributed by atoms with Crippen molar-refractivity contribution >= 4 is 37.6 Å². The lowest BCUT2D eigenvalue weighted by Crippen LogP contribution is -2.14. The Bertz CT molecular complexity index is 627. The number of Topliss-reactive ketones (excluding diaryl/α,β-unsaturated/α-hetero) is 1. The molecule has 0 saturated heterocycles. The summed E-state index contributed by atoms with van der Waals surface area (Å²) in [5.41, 5.74) is 1.97. The zero-order valence-corrected chi connectivity index (χ0v) is 14.7. The van der Waals surface area contributed by atoms with Crippen LogP contribution >= 0.6 is 31.9 Å². The van der Waals surface area contributed by atoms with Crippen molar-refractivity contribution in [2.24, 2.45) is 0 Å². The third-order valence-electron chi connectivity index (χ3n) is 2.97. The standard InChI is InChI=1S/C14H15Br2N3O/c1-14(2,3)10-6-4-9(5-7-10)11(20)8-19-13(16)17-12(15)18-19/h4-7H,8H2,1-3H3. The van der Waals surface area contributed by atoms with Crippen molar-refractivity contribution in [1.82, 2.24) is 14.8 Å². The normalized spacial score (nSPS) is 11.7. The summed E-state index contributed by atoms with van der Waals surface area (Å²) in [5.74, 6) is 0.00330. The van der Waals surface area contributed by atoms with E-state index in [2.05, 4.69) is 62.7 Å². The minimum atomic E-state index is 0.00330. The second kappa shape index (κ2) is 5.77. The number of halogens is 2. The van der Waals surface area contributed by atoms with Crippen LogP contribution in [0.4, 0.5) is 0 Å². The molecule has 2 rings (SSSR count). The van der Waals surface area contributed by atoms with E-state index in [9.17, 15) is 4.79 Å². The van der Waals surface area contributed by atoms with Crippen LogP contribution in [-0.2, 0) is 12.0 Å². The molecule has 1 heterocycles. The molecular formula is C14H15Br2N3O. The molecule has 106 valence electrons. The molecule has 20 heavy (non-hydrogen) atoms. The van der Waals surface area contributed by atoms with E-state index in [1.165, 1.54) is 10.2 Å². The predicted molar refractivity (Wildman–Crippen MR) is 84.9 cm³/mol. The monoisotopic (exact) mass is 399 g/mol. The molecule has 0 aliphatic rings. The van der Waals surface area contributed by atoms with Crippen molar-refractivity contribution in [1.29, 1.82) is 0 Å².